The summed E-state index contributed by atoms with van der Waals surface area (Å²) in [4.78, 5) is 60.8. The van der Waals surface area contributed by atoms with Crippen molar-refractivity contribution in [3.63, 3.8) is 0 Å². The second kappa shape index (κ2) is 30.6. The highest BCUT2D eigenvalue weighted by molar-refractivity contribution is 5.97. The summed E-state index contributed by atoms with van der Waals surface area (Å²) in [6, 6.07) is 41.2. The van der Waals surface area contributed by atoms with Gasteiger partial charge in [-0.1, -0.05) is 54.6 Å². The SMILES string of the molecule is C1CN(C2CNC2)C1.COc1cc(F)c([N+](=O)[O-])cc1Nc1nccc(-c2cn(C)c3ccccc23)n1.COc1cc(N2CC(N3CCC3)C2)c(N)cc1Nc1nccc(-c2cn(C)c3ccccc23)n1.COc1cc(N2CC(N3CCC3)C2)c([N+](=O)[O-])cc1Nc1nccc(-c2cn(C)c3ccccc23)n1. The minimum Gasteiger partial charge on any atom is -0.494 e. The molecular weight excluding hydrogens is 1360 g/mol. The Labute approximate surface area is 616 Å². The van der Waals surface area contributed by atoms with Gasteiger partial charge in [-0.2, -0.15) is 4.39 Å². The molecule has 6 aliphatic rings. The number of halogens is 1. The molecule has 0 unspecified atom stereocenters. The van der Waals surface area contributed by atoms with Crippen molar-refractivity contribution in [1.82, 2.24) is 63.6 Å². The zero-order chi connectivity index (χ0) is 74.0. The molecule has 12 heterocycles. The van der Waals surface area contributed by atoms with E-state index in [4.69, 9.17) is 29.9 Å². The summed E-state index contributed by atoms with van der Waals surface area (Å²) >= 11 is 0. The van der Waals surface area contributed by atoms with E-state index < -0.39 is 16.4 Å². The van der Waals surface area contributed by atoms with Crippen LogP contribution >= 0.6 is 0 Å². The number of nitro groups is 2. The molecule has 550 valence electrons. The highest BCUT2D eigenvalue weighted by atomic mass is 19.1. The van der Waals surface area contributed by atoms with Gasteiger partial charge in [-0.25, -0.2) is 29.9 Å². The summed E-state index contributed by atoms with van der Waals surface area (Å²) in [7, 11) is 10.6. The minimum atomic E-state index is -0.983. The predicted octanol–water partition coefficient (Wildman–Crippen LogP) is 12.2. The molecule has 18 rings (SSSR count). The summed E-state index contributed by atoms with van der Waals surface area (Å²) in [5.41, 5.74) is 18.1. The van der Waals surface area contributed by atoms with Crippen molar-refractivity contribution in [2.75, 3.05) is 131 Å². The number of nitrogens with zero attached hydrogens (tertiary/aromatic N) is 16. The van der Waals surface area contributed by atoms with Crippen LogP contribution < -0.4 is 51.0 Å². The molecule has 6 aromatic heterocycles. The van der Waals surface area contributed by atoms with Crippen molar-refractivity contribution in [2.24, 2.45) is 21.1 Å². The molecule has 0 aliphatic carbocycles. The number of para-hydroxylation sites is 3. The van der Waals surface area contributed by atoms with Crippen molar-refractivity contribution in [1.29, 1.82) is 0 Å². The molecule has 0 spiro atoms. The summed E-state index contributed by atoms with van der Waals surface area (Å²) < 4.78 is 36.5. The van der Waals surface area contributed by atoms with E-state index in [1.807, 2.05) is 116 Å². The number of benzene rings is 6. The Morgan fingerprint density at radius 2 is 0.832 bits per heavy atom. The number of hydrogen-bond acceptors (Lipinski definition) is 23. The third kappa shape index (κ3) is 14.6. The van der Waals surface area contributed by atoms with Crippen LogP contribution in [0.15, 0.2) is 165 Å². The lowest BCUT2D eigenvalue weighted by Gasteiger charge is -2.50. The van der Waals surface area contributed by atoms with Gasteiger partial charge in [0, 0.05) is 195 Å². The Bertz CT molecular complexity index is 5260. The van der Waals surface area contributed by atoms with E-state index in [0.717, 1.165) is 141 Å². The van der Waals surface area contributed by atoms with Gasteiger partial charge < -0.3 is 64.7 Å². The van der Waals surface area contributed by atoms with Crippen molar-refractivity contribution in [3.05, 3.63) is 191 Å². The number of rotatable bonds is 19. The number of likely N-dealkylation sites (tertiary alicyclic amines) is 3. The van der Waals surface area contributed by atoms with Crippen LogP contribution in [0, 0.1) is 26.0 Å². The summed E-state index contributed by atoms with van der Waals surface area (Å²) in [6.07, 6.45) is 15.1. The number of nitrogens with two attached hydrogens (primary N) is 1. The summed E-state index contributed by atoms with van der Waals surface area (Å²) in [5.74, 6) is 1.38. The number of hydrogen-bond donors (Lipinski definition) is 5. The van der Waals surface area contributed by atoms with Crippen LogP contribution in [0.1, 0.15) is 19.3 Å². The highest BCUT2D eigenvalue weighted by Crippen LogP contribution is 2.44. The quantitative estimate of drug-likeness (QED) is 0.0285. The number of nitrogen functional groups attached to an aromatic ring is 1. The first-order valence-electron chi connectivity index (χ1n) is 35.8. The number of aromatic nitrogens is 9. The Morgan fingerprint density at radius 3 is 1.19 bits per heavy atom. The van der Waals surface area contributed by atoms with E-state index in [9.17, 15) is 24.6 Å². The van der Waals surface area contributed by atoms with Crippen LogP contribution in [0.4, 0.5) is 67.7 Å². The normalized spacial score (nSPS) is 15.9. The maximum atomic E-state index is 13.9. The lowest BCUT2D eigenvalue weighted by molar-refractivity contribution is -0.387. The van der Waals surface area contributed by atoms with Crippen LogP contribution in [-0.4, -0.2) is 186 Å². The molecule has 0 radical (unpaired) electrons. The van der Waals surface area contributed by atoms with Gasteiger partial charge in [0.25, 0.3) is 5.69 Å². The Kier molecular flexibility index (Phi) is 20.2. The molecule has 29 heteroatoms. The fraction of sp³-hybridized carbons (Fsp3) is 0.308. The number of nitrogens with one attached hydrogen (secondary N) is 4. The third-order valence-corrected chi connectivity index (χ3v) is 20.9. The molecule has 0 amide bonds. The van der Waals surface area contributed by atoms with Gasteiger partial charge in [0.05, 0.1) is 76.7 Å². The first kappa shape index (κ1) is 70.6. The molecule has 0 saturated carbocycles. The Hall–Kier alpha value is -12.1. The van der Waals surface area contributed by atoms with E-state index >= 15 is 0 Å². The molecule has 6 aromatic carbocycles. The van der Waals surface area contributed by atoms with Crippen LogP contribution in [-0.2, 0) is 21.1 Å². The first-order valence-corrected chi connectivity index (χ1v) is 35.8. The number of methoxy groups -OCH3 is 3. The molecular formula is C78H84FN21O7. The zero-order valence-electron chi connectivity index (χ0n) is 60.4. The second-order valence-corrected chi connectivity index (χ2v) is 27.5. The standard InChI is InChI=1S/C26H27N7O3.C26H29N7O.C20H16FN5O3.C6H12N2/c1-30-16-19(18-6-3-4-7-22(18)30)20-8-9-27-26(28-20)29-21-12-24(33(34)35)23(13-25(21)36-2)32-14-17(15-32)31-10-5-11-31;1-31-16-19(18-6-3-4-7-23(18)31)21-8-9-28-26(29-21)30-22-12-20(27)24(13-25(22)34-2)33-14-17(15-33)32-10-5-11-32;1-25-11-13(12-5-3-4-6-17(12)25)15-7-8-22-20(23-15)24-16-10-18(26(27)28)14(21)9-19(16)29-2;1-2-8(3-1)6-4-7-5-6/h3-4,6-9,12-13,16-17H,5,10-11,14-15H2,1-2H3,(H,27,28,29);3-4,6-9,12-13,16-17H,5,10-11,14-15,27H2,1-2H3,(H,28,29,30);3-11H,1-2H3,(H,22,23,24);6-7H,1-5H2. The van der Waals surface area contributed by atoms with Crippen LogP contribution in [0.3, 0.4) is 0 Å². The maximum Gasteiger partial charge on any atom is 0.307 e. The zero-order valence-corrected chi connectivity index (χ0v) is 60.4. The predicted molar refractivity (Wildman–Crippen MR) is 416 cm³/mol. The van der Waals surface area contributed by atoms with E-state index in [2.05, 4.69) is 100 Å². The molecule has 28 nitrogen and oxygen atoms in total. The highest BCUT2D eigenvalue weighted by Gasteiger charge is 2.39. The second-order valence-electron chi connectivity index (χ2n) is 27.5. The van der Waals surface area contributed by atoms with Crippen LogP contribution in [0.2, 0.25) is 0 Å². The smallest absolute Gasteiger partial charge is 0.307 e. The van der Waals surface area contributed by atoms with Gasteiger partial charge in [0.2, 0.25) is 23.7 Å². The molecule has 6 fully saturated rings. The van der Waals surface area contributed by atoms with Crippen molar-refractivity contribution in [3.8, 4) is 51.0 Å². The third-order valence-electron chi connectivity index (χ3n) is 20.9. The molecule has 0 atom stereocenters. The number of ether oxygens (including phenoxy) is 3. The van der Waals surface area contributed by atoms with Gasteiger partial charge in [0.1, 0.15) is 22.9 Å². The number of nitro benzene ring substituents is 2. The number of anilines is 9. The lowest BCUT2D eigenvalue weighted by Crippen LogP contribution is -2.62. The number of fused-ring (bicyclic) bond motifs is 3. The monoisotopic (exact) mass is 1450 g/mol. The van der Waals surface area contributed by atoms with Gasteiger partial charge >= 0.3 is 5.69 Å². The number of aryl methyl sites for hydroxylation is 3. The van der Waals surface area contributed by atoms with Crippen molar-refractivity contribution in [2.45, 2.75) is 37.4 Å². The van der Waals surface area contributed by atoms with E-state index in [0.29, 0.717) is 46.8 Å². The van der Waals surface area contributed by atoms with E-state index in [-0.39, 0.29) is 28.0 Å². The maximum absolute atomic E-state index is 13.9. The van der Waals surface area contributed by atoms with Crippen molar-refractivity contribution < 1.29 is 28.4 Å². The van der Waals surface area contributed by atoms with Crippen LogP contribution in [0.5, 0.6) is 17.2 Å². The Morgan fingerprint density at radius 1 is 0.477 bits per heavy atom. The van der Waals surface area contributed by atoms with Gasteiger partial charge in [-0.05, 0) is 101 Å². The van der Waals surface area contributed by atoms with Gasteiger partial charge in [-0.15, -0.1) is 0 Å². The first-order chi connectivity index (χ1) is 52.1. The van der Waals surface area contributed by atoms with E-state index in [1.54, 1.807) is 44.9 Å². The molecule has 0 bridgehead atoms. The topological polar surface area (TPSA) is 296 Å². The van der Waals surface area contributed by atoms with Crippen molar-refractivity contribution >= 4 is 96.1 Å². The molecule has 12 aromatic rings. The van der Waals surface area contributed by atoms with E-state index in [1.165, 1.54) is 71.7 Å². The average molecular weight is 1450 g/mol. The lowest BCUT2D eigenvalue weighted by atomic mass is 10.0. The van der Waals surface area contributed by atoms with Gasteiger partial charge in [0.15, 0.2) is 0 Å². The van der Waals surface area contributed by atoms with Gasteiger partial charge in [-0.3, -0.25) is 34.9 Å². The fourth-order valence-corrected chi connectivity index (χ4v) is 14.4. The Balaban J connectivity index is 0.000000122. The summed E-state index contributed by atoms with van der Waals surface area (Å²) in [6.45, 7) is 13.4. The largest absolute Gasteiger partial charge is 0.494 e. The molecule has 107 heavy (non-hydrogen) atoms. The average Bonchev–Trinajstić information content (AvgIpc) is 1.67. The summed E-state index contributed by atoms with van der Waals surface area (Å²) in [5, 5.41) is 38.9. The van der Waals surface area contributed by atoms with Crippen LogP contribution in [0.25, 0.3) is 66.5 Å². The fourth-order valence-electron chi connectivity index (χ4n) is 14.4. The molecule has 6 aliphatic heterocycles. The molecule has 6 saturated heterocycles. The molecule has 6 N–H and O–H groups in total. The minimum absolute atomic E-state index is 0.0329.